The molecule has 1 unspecified atom stereocenters. The molecular weight excluding hydrogens is 408 g/mol. The first kappa shape index (κ1) is 22.3. The number of thioether (sulfide) groups is 1. The Morgan fingerprint density at radius 3 is 2.90 bits per heavy atom. The van der Waals surface area contributed by atoms with Gasteiger partial charge in [0.15, 0.2) is 0 Å². The first-order chi connectivity index (χ1) is 14.9. The molecule has 4 rings (SSSR count). The molecule has 2 aliphatic heterocycles. The second-order valence-corrected chi connectivity index (χ2v) is 10.7. The zero-order valence-electron chi connectivity index (χ0n) is 18.9. The molecule has 0 aliphatic carbocycles. The van der Waals surface area contributed by atoms with E-state index in [1.165, 1.54) is 18.4 Å². The summed E-state index contributed by atoms with van der Waals surface area (Å²) in [5.41, 5.74) is 3.33. The lowest BCUT2D eigenvalue weighted by molar-refractivity contribution is 0.147. The number of rotatable bonds is 6. The molecule has 0 bridgehead atoms. The minimum atomic E-state index is -0.0680. The monoisotopic (exact) mass is 442 g/mol. The molecule has 1 saturated heterocycles. The van der Waals surface area contributed by atoms with Crippen LogP contribution in [0.15, 0.2) is 23.0 Å². The van der Waals surface area contributed by atoms with Gasteiger partial charge in [0.05, 0.1) is 17.9 Å². The number of aryl methyl sites for hydroxylation is 1. The van der Waals surface area contributed by atoms with E-state index in [2.05, 4.69) is 52.4 Å². The van der Waals surface area contributed by atoms with E-state index < -0.39 is 0 Å². The molecule has 0 aromatic carbocycles. The number of nitrogens with zero attached hydrogens (tertiary/aromatic N) is 5. The van der Waals surface area contributed by atoms with Crippen LogP contribution in [0.2, 0.25) is 0 Å². The average molecular weight is 443 g/mol. The van der Waals surface area contributed by atoms with Crippen LogP contribution in [0.5, 0.6) is 0 Å². The second kappa shape index (κ2) is 9.69. The first-order valence-corrected chi connectivity index (χ1v) is 12.6. The zero-order valence-corrected chi connectivity index (χ0v) is 19.7. The van der Waals surface area contributed by atoms with Crippen LogP contribution in [-0.2, 0) is 24.1 Å². The van der Waals surface area contributed by atoms with E-state index in [1.54, 1.807) is 10.7 Å². The molecule has 0 spiro atoms. The van der Waals surface area contributed by atoms with Crippen molar-refractivity contribution in [1.82, 2.24) is 24.9 Å². The number of nitrogens with one attached hydrogen (secondary N) is 1. The summed E-state index contributed by atoms with van der Waals surface area (Å²) in [6.07, 6.45) is 4.63. The zero-order chi connectivity index (χ0) is 21.8. The molecule has 0 amide bonds. The molecule has 2 aromatic rings. The van der Waals surface area contributed by atoms with Gasteiger partial charge in [-0.1, -0.05) is 27.2 Å². The Morgan fingerprint density at radius 1 is 1.19 bits per heavy atom. The van der Waals surface area contributed by atoms with E-state index >= 15 is 0 Å². The predicted molar refractivity (Wildman–Crippen MR) is 127 cm³/mol. The van der Waals surface area contributed by atoms with Gasteiger partial charge in [-0.2, -0.15) is 22.0 Å². The number of hydrogen-bond acceptors (Lipinski definition) is 7. The van der Waals surface area contributed by atoms with Crippen LogP contribution in [0.1, 0.15) is 57.0 Å². The summed E-state index contributed by atoms with van der Waals surface area (Å²) in [5.74, 6) is 3.05. The number of fused-ring (bicyclic) bond motifs is 1. The second-order valence-electron chi connectivity index (χ2n) is 9.60. The third kappa shape index (κ3) is 5.66. The van der Waals surface area contributed by atoms with Crippen molar-refractivity contribution in [2.45, 2.75) is 70.2 Å². The van der Waals surface area contributed by atoms with Gasteiger partial charge in [0, 0.05) is 42.8 Å². The largest absolute Gasteiger partial charge is 0.367 e. The summed E-state index contributed by atoms with van der Waals surface area (Å²) < 4.78 is 1.63. The summed E-state index contributed by atoms with van der Waals surface area (Å²) in [4.78, 5) is 14.8. The highest BCUT2D eigenvalue weighted by atomic mass is 32.2. The molecule has 2 aromatic heterocycles. The minimum absolute atomic E-state index is 0.0260. The quantitative estimate of drug-likeness (QED) is 0.737. The molecule has 1 atom stereocenters. The summed E-state index contributed by atoms with van der Waals surface area (Å²) in [6, 6.07) is 6.10. The molecule has 0 saturated carbocycles. The van der Waals surface area contributed by atoms with E-state index in [9.17, 15) is 4.79 Å². The third-order valence-corrected chi connectivity index (χ3v) is 7.21. The van der Waals surface area contributed by atoms with Gasteiger partial charge in [-0.05, 0) is 42.8 Å². The molecule has 2 aliphatic rings. The van der Waals surface area contributed by atoms with E-state index in [1.807, 2.05) is 17.8 Å². The van der Waals surface area contributed by atoms with Crippen molar-refractivity contribution in [1.29, 1.82) is 0 Å². The summed E-state index contributed by atoms with van der Waals surface area (Å²) in [7, 11) is 0. The van der Waals surface area contributed by atoms with Gasteiger partial charge in [-0.25, -0.2) is 4.68 Å². The number of piperidine rings is 1. The first-order valence-electron chi connectivity index (χ1n) is 11.4. The molecule has 1 fully saturated rings. The molecular formula is C23H34N6OS. The number of anilines is 1. The topological polar surface area (TPSA) is 75.9 Å². The molecule has 4 heterocycles. The standard InChI is InChI=1S/C23H34N6OS/c1-23(2,3)20-7-8-22(30)29(27-20)12-11-28-10-5-4-6-18(28)15-24-21-14-17-16-31-13-9-19(17)25-26-21/h7-8,14,18H,4-6,9-13,15-16H2,1-3H3,(H,24,26). The van der Waals surface area contributed by atoms with Gasteiger partial charge in [-0.3, -0.25) is 9.69 Å². The van der Waals surface area contributed by atoms with Crippen molar-refractivity contribution in [3.8, 4) is 0 Å². The van der Waals surface area contributed by atoms with Crippen molar-refractivity contribution in [2.24, 2.45) is 0 Å². The van der Waals surface area contributed by atoms with Gasteiger partial charge >= 0.3 is 0 Å². The van der Waals surface area contributed by atoms with E-state index in [4.69, 9.17) is 0 Å². The Kier molecular flexibility index (Phi) is 6.96. The third-order valence-electron chi connectivity index (χ3n) is 6.20. The smallest absolute Gasteiger partial charge is 0.266 e. The SMILES string of the molecule is CC(C)(C)c1ccc(=O)n(CCN2CCCCC2CNc2cc3c(nn2)CCSC3)n1. The molecule has 0 radical (unpaired) electrons. The van der Waals surface area contributed by atoms with Gasteiger partial charge in [0.2, 0.25) is 0 Å². The van der Waals surface area contributed by atoms with Crippen LogP contribution in [0.4, 0.5) is 5.82 Å². The maximum atomic E-state index is 12.3. The fourth-order valence-electron chi connectivity index (χ4n) is 4.27. The highest BCUT2D eigenvalue weighted by molar-refractivity contribution is 7.98. The van der Waals surface area contributed by atoms with Crippen LogP contribution in [0, 0.1) is 0 Å². The van der Waals surface area contributed by atoms with Crippen LogP contribution in [0.25, 0.3) is 0 Å². The Morgan fingerprint density at radius 2 is 2.06 bits per heavy atom. The highest BCUT2D eigenvalue weighted by Gasteiger charge is 2.23. The molecule has 8 heteroatoms. The summed E-state index contributed by atoms with van der Waals surface area (Å²) >= 11 is 1.96. The lowest BCUT2D eigenvalue weighted by Gasteiger charge is -2.36. The predicted octanol–water partition coefficient (Wildman–Crippen LogP) is 3.09. The maximum absolute atomic E-state index is 12.3. The molecule has 7 nitrogen and oxygen atoms in total. The van der Waals surface area contributed by atoms with E-state index in [0.29, 0.717) is 12.6 Å². The van der Waals surface area contributed by atoms with E-state index in [0.717, 1.165) is 61.2 Å². The Labute approximate surface area is 189 Å². The van der Waals surface area contributed by atoms with Gasteiger partial charge in [0.25, 0.3) is 5.56 Å². The fourth-order valence-corrected chi connectivity index (χ4v) is 5.22. The van der Waals surface area contributed by atoms with Crippen LogP contribution in [0.3, 0.4) is 0 Å². The Bertz CT molecular complexity index is 954. The Balaban J connectivity index is 1.37. The van der Waals surface area contributed by atoms with Crippen LogP contribution in [-0.4, -0.2) is 56.3 Å². The van der Waals surface area contributed by atoms with E-state index in [-0.39, 0.29) is 11.0 Å². The van der Waals surface area contributed by atoms with Gasteiger partial charge < -0.3 is 5.32 Å². The van der Waals surface area contributed by atoms with Crippen molar-refractivity contribution >= 4 is 17.6 Å². The lowest BCUT2D eigenvalue weighted by atomic mass is 9.92. The summed E-state index contributed by atoms with van der Waals surface area (Å²) in [6.45, 7) is 9.74. The molecule has 1 N–H and O–H groups in total. The minimum Gasteiger partial charge on any atom is -0.367 e. The fraction of sp³-hybridized carbons (Fsp3) is 0.652. The van der Waals surface area contributed by atoms with Crippen molar-refractivity contribution in [3.05, 3.63) is 45.5 Å². The lowest BCUT2D eigenvalue weighted by Crippen LogP contribution is -2.46. The van der Waals surface area contributed by atoms with Gasteiger partial charge in [-0.15, -0.1) is 5.10 Å². The maximum Gasteiger partial charge on any atom is 0.266 e. The van der Waals surface area contributed by atoms with Crippen molar-refractivity contribution in [3.63, 3.8) is 0 Å². The van der Waals surface area contributed by atoms with Crippen molar-refractivity contribution in [2.75, 3.05) is 30.7 Å². The van der Waals surface area contributed by atoms with Crippen LogP contribution >= 0.6 is 11.8 Å². The average Bonchev–Trinajstić information content (AvgIpc) is 2.76. The Hall–Kier alpha value is -1.93. The molecule has 168 valence electrons. The summed E-state index contributed by atoms with van der Waals surface area (Å²) in [5, 5.41) is 17.0. The van der Waals surface area contributed by atoms with Crippen LogP contribution < -0.4 is 10.9 Å². The van der Waals surface area contributed by atoms with Crippen molar-refractivity contribution < 1.29 is 0 Å². The molecule has 31 heavy (non-hydrogen) atoms. The van der Waals surface area contributed by atoms with Gasteiger partial charge in [0.1, 0.15) is 5.82 Å². The normalized spacial score (nSPS) is 19.8. The number of likely N-dealkylation sites (tertiary alicyclic amines) is 1. The number of hydrogen-bond donors (Lipinski definition) is 1. The highest BCUT2D eigenvalue weighted by Crippen LogP contribution is 2.24. The number of aromatic nitrogens is 4.